The molecule has 0 saturated heterocycles. The molecule has 3 aromatic rings. The van der Waals surface area contributed by atoms with Crippen molar-refractivity contribution in [2.24, 2.45) is 0 Å². The van der Waals surface area contributed by atoms with Crippen LogP contribution < -0.4 is 16.2 Å². The predicted octanol–water partition coefficient (Wildman–Crippen LogP) is 3.17. The van der Waals surface area contributed by atoms with E-state index in [-0.39, 0.29) is 23.3 Å². The Bertz CT molecular complexity index is 1320. The molecule has 192 valence electrons. The molecule has 4 heterocycles. The van der Waals surface area contributed by atoms with Gasteiger partial charge >= 0.3 is 12.1 Å². The van der Waals surface area contributed by atoms with Crippen molar-refractivity contribution in [3.05, 3.63) is 51.4 Å². The molecular formula is C22H22ClF3N6O4. The average Bonchev–Trinajstić information content (AvgIpc) is 3.42. The lowest BCUT2D eigenvalue weighted by molar-refractivity contribution is -0.192. The largest absolute Gasteiger partial charge is 0.490 e. The molecule has 0 spiro atoms. The fourth-order valence-corrected chi connectivity index (χ4v) is 4.29. The van der Waals surface area contributed by atoms with Gasteiger partial charge in [-0.2, -0.15) is 13.2 Å². The van der Waals surface area contributed by atoms with Gasteiger partial charge in [0.2, 0.25) is 5.91 Å². The molecule has 3 aromatic heterocycles. The van der Waals surface area contributed by atoms with Gasteiger partial charge in [0.05, 0.1) is 12.2 Å². The number of nitrogens with zero attached hydrogens (tertiary/aromatic N) is 3. The van der Waals surface area contributed by atoms with Crippen molar-refractivity contribution < 1.29 is 27.9 Å². The van der Waals surface area contributed by atoms with Crippen molar-refractivity contribution in [1.82, 2.24) is 24.8 Å². The highest BCUT2D eigenvalue weighted by molar-refractivity contribution is 6.30. The zero-order chi connectivity index (χ0) is 26.0. The molecule has 1 saturated carbocycles. The lowest BCUT2D eigenvalue weighted by atomic mass is 9.93. The number of carbonyl (C=O) groups is 2. The summed E-state index contributed by atoms with van der Waals surface area (Å²) in [5.74, 6) is -2.71. The van der Waals surface area contributed by atoms with Crippen LogP contribution in [0.4, 0.5) is 19.0 Å². The van der Waals surface area contributed by atoms with E-state index in [1.54, 1.807) is 12.4 Å². The van der Waals surface area contributed by atoms with Gasteiger partial charge in [-0.25, -0.2) is 9.78 Å². The second-order valence-electron chi connectivity index (χ2n) is 8.48. The number of rotatable bonds is 5. The van der Waals surface area contributed by atoms with E-state index < -0.39 is 18.2 Å². The summed E-state index contributed by atoms with van der Waals surface area (Å²) in [4.78, 5) is 46.4. The van der Waals surface area contributed by atoms with Crippen LogP contribution >= 0.6 is 11.6 Å². The Morgan fingerprint density at radius 3 is 2.61 bits per heavy atom. The lowest BCUT2D eigenvalue weighted by Gasteiger charge is -2.27. The van der Waals surface area contributed by atoms with E-state index in [1.807, 2.05) is 12.1 Å². The van der Waals surface area contributed by atoms with Gasteiger partial charge in [0.25, 0.3) is 5.56 Å². The van der Waals surface area contributed by atoms with Crippen molar-refractivity contribution in [2.75, 3.05) is 5.32 Å². The van der Waals surface area contributed by atoms with Crippen LogP contribution in [0, 0.1) is 0 Å². The van der Waals surface area contributed by atoms with Gasteiger partial charge < -0.3 is 20.7 Å². The number of carboxylic acid groups (broad SMARTS) is 1. The average molecular weight is 527 g/mol. The number of hydrogen-bond donors (Lipinski definition) is 4. The van der Waals surface area contributed by atoms with Crippen molar-refractivity contribution in [2.45, 2.75) is 56.9 Å². The topological polar surface area (TPSA) is 142 Å². The molecule has 2 aliphatic rings. The molecule has 1 fully saturated rings. The number of pyridine rings is 1. The minimum atomic E-state index is -5.08. The molecule has 0 radical (unpaired) electrons. The highest BCUT2D eigenvalue weighted by Crippen LogP contribution is 2.30. The predicted molar refractivity (Wildman–Crippen MR) is 124 cm³/mol. The maximum atomic E-state index is 13.0. The molecule has 0 aromatic carbocycles. The first-order chi connectivity index (χ1) is 17.0. The molecule has 5 rings (SSSR count). The Kier molecular flexibility index (Phi) is 7.20. The number of halogens is 4. The lowest BCUT2D eigenvalue weighted by Crippen LogP contribution is -2.38. The Hall–Kier alpha value is -3.61. The smallest absolute Gasteiger partial charge is 0.475 e. The van der Waals surface area contributed by atoms with E-state index >= 15 is 0 Å². The minimum Gasteiger partial charge on any atom is -0.475 e. The van der Waals surface area contributed by atoms with E-state index in [4.69, 9.17) is 21.5 Å². The fourth-order valence-electron chi connectivity index (χ4n) is 4.02. The third-order valence-corrected chi connectivity index (χ3v) is 6.35. The Morgan fingerprint density at radius 1 is 1.28 bits per heavy atom. The maximum absolute atomic E-state index is 13.0. The van der Waals surface area contributed by atoms with Crippen molar-refractivity contribution >= 4 is 40.2 Å². The van der Waals surface area contributed by atoms with Crippen LogP contribution in [0.1, 0.15) is 43.1 Å². The Balaban J connectivity index is 0.000000384. The number of anilines is 1. The SMILES string of the molecule is O=C(NCc1cc2cnccc2[nH]1)[C@@H]1CCc2c(Cl)nc(NC3CCC3)c(=O)n21.O=C(O)C(F)(F)F. The molecule has 1 aliphatic carbocycles. The molecular weight excluding hydrogens is 505 g/mol. The molecule has 0 bridgehead atoms. The Morgan fingerprint density at radius 2 is 2.00 bits per heavy atom. The number of alkyl halides is 3. The van der Waals surface area contributed by atoms with E-state index in [9.17, 15) is 22.8 Å². The molecule has 36 heavy (non-hydrogen) atoms. The van der Waals surface area contributed by atoms with Crippen LogP contribution in [0.25, 0.3) is 10.9 Å². The van der Waals surface area contributed by atoms with Gasteiger partial charge in [0, 0.05) is 35.0 Å². The number of nitrogens with one attached hydrogen (secondary N) is 3. The summed E-state index contributed by atoms with van der Waals surface area (Å²) in [6.45, 7) is 0.347. The van der Waals surface area contributed by atoms with Gasteiger partial charge in [-0.15, -0.1) is 0 Å². The molecule has 14 heteroatoms. The first-order valence-corrected chi connectivity index (χ1v) is 11.5. The second kappa shape index (κ2) is 10.2. The summed E-state index contributed by atoms with van der Waals surface area (Å²) in [5.41, 5.74) is 2.21. The third kappa shape index (κ3) is 5.45. The molecule has 0 unspecified atom stereocenters. The van der Waals surface area contributed by atoms with Crippen LogP contribution in [-0.2, 0) is 22.6 Å². The van der Waals surface area contributed by atoms with E-state index in [2.05, 4.69) is 25.6 Å². The summed E-state index contributed by atoms with van der Waals surface area (Å²) in [7, 11) is 0. The van der Waals surface area contributed by atoms with Crippen molar-refractivity contribution in [3.8, 4) is 0 Å². The zero-order valence-electron chi connectivity index (χ0n) is 18.7. The number of aromatic nitrogens is 4. The van der Waals surface area contributed by atoms with Gasteiger partial charge in [-0.1, -0.05) is 11.6 Å². The highest BCUT2D eigenvalue weighted by Gasteiger charge is 2.38. The number of carbonyl (C=O) groups excluding carboxylic acids is 1. The molecule has 1 amide bonds. The van der Waals surface area contributed by atoms with Crippen LogP contribution in [0.15, 0.2) is 29.3 Å². The summed E-state index contributed by atoms with van der Waals surface area (Å²) in [6.07, 6.45) is 2.68. The van der Waals surface area contributed by atoms with E-state index in [0.717, 1.165) is 35.9 Å². The number of aliphatic carboxylic acids is 1. The summed E-state index contributed by atoms with van der Waals surface area (Å²) in [5, 5.41) is 14.5. The maximum Gasteiger partial charge on any atom is 0.490 e. The number of H-pyrrole nitrogens is 1. The summed E-state index contributed by atoms with van der Waals surface area (Å²) >= 11 is 6.33. The molecule has 4 N–H and O–H groups in total. The number of amides is 1. The van der Waals surface area contributed by atoms with Gasteiger partial charge in [0.15, 0.2) is 11.0 Å². The highest BCUT2D eigenvalue weighted by atomic mass is 35.5. The minimum absolute atomic E-state index is 0.195. The molecule has 1 atom stereocenters. The number of aromatic amines is 1. The summed E-state index contributed by atoms with van der Waals surface area (Å²) < 4.78 is 33.3. The quantitative estimate of drug-likeness (QED) is 0.400. The van der Waals surface area contributed by atoms with E-state index in [0.29, 0.717) is 30.2 Å². The third-order valence-electron chi connectivity index (χ3n) is 6.05. The summed E-state index contributed by atoms with van der Waals surface area (Å²) in [6, 6.07) is 3.53. The second-order valence-corrected chi connectivity index (χ2v) is 8.84. The molecule has 10 nitrogen and oxygen atoms in total. The van der Waals surface area contributed by atoms with E-state index in [1.165, 1.54) is 4.57 Å². The standard InChI is InChI=1S/C20H21ClN6O2.C2HF3O2/c21-17-15-4-5-16(27(15)20(29)18(26-17)25-12-2-1-3-12)19(28)23-10-13-8-11-9-22-7-6-14(11)24-13;3-2(4,5)1(6)7/h6-9,12,16,24H,1-5,10H2,(H,23,28)(H,25,26);(H,6,7)/t16-;/m0./s1. The first kappa shape index (κ1) is 25.5. The first-order valence-electron chi connectivity index (χ1n) is 11.1. The molecule has 1 aliphatic heterocycles. The van der Waals surface area contributed by atoms with Crippen LogP contribution in [-0.4, -0.2) is 48.7 Å². The van der Waals surface area contributed by atoms with Gasteiger partial charge in [-0.05, 0) is 44.2 Å². The monoisotopic (exact) mass is 526 g/mol. The zero-order valence-corrected chi connectivity index (χ0v) is 19.5. The number of hydrogen-bond acceptors (Lipinski definition) is 6. The van der Waals surface area contributed by atoms with Crippen molar-refractivity contribution in [3.63, 3.8) is 0 Å². The van der Waals surface area contributed by atoms with Crippen molar-refractivity contribution in [1.29, 1.82) is 0 Å². The van der Waals surface area contributed by atoms with Gasteiger partial charge in [0.1, 0.15) is 6.04 Å². The number of fused-ring (bicyclic) bond motifs is 2. The normalized spacial score (nSPS) is 17.1. The van der Waals surface area contributed by atoms with Crippen LogP contribution in [0.3, 0.4) is 0 Å². The van der Waals surface area contributed by atoms with Crippen LogP contribution in [0.2, 0.25) is 5.15 Å². The number of carboxylic acids is 1. The van der Waals surface area contributed by atoms with Crippen LogP contribution in [0.5, 0.6) is 0 Å². The Labute approximate surface area is 206 Å². The van der Waals surface area contributed by atoms with Gasteiger partial charge in [-0.3, -0.25) is 19.1 Å². The fraction of sp³-hybridized carbons (Fsp3) is 0.409.